The van der Waals surface area contributed by atoms with Crippen LogP contribution in [-0.2, 0) is 10.0 Å². The van der Waals surface area contributed by atoms with Gasteiger partial charge in [0.05, 0.1) is 12.6 Å². The number of hydrogen-bond acceptors (Lipinski definition) is 5. The van der Waals surface area contributed by atoms with Crippen LogP contribution < -0.4 is 14.2 Å². The molecule has 7 heteroatoms. The van der Waals surface area contributed by atoms with Crippen molar-refractivity contribution in [2.24, 2.45) is 0 Å². The molecule has 0 amide bonds. The number of fused-ring (bicyclic) bond motifs is 1. The summed E-state index contributed by atoms with van der Waals surface area (Å²) in [7, 11) is -2.24. The van der Waals surface area contributed by atoms with Crippen molar-refractivity contribution in [1.82, 2.24) is 9.71 Å². The third kappa shape index (κ3) is 4.37. The van der Waals surface area contributed by atoms with E-state index in [2.05, 4.69) is 9.71 Å². The molecule has 0 bridgehead atoms. The lowest BCUT2D eigenvalue weighted by Crippen LogP contribution is -2.28. The van der Waals surface area contributed by atoms with E-state index in [1.807, 2.05) is 44.2 Å². The number of nitrogens with one attached hydrogen (secondary N) is 1. The van der Waals surface area contributed by atoms with Crippen molar-refractivity contribution in [2.75, 3.05) is 20.3 Å². The third-order valence-corrected chi connectivity index (χ3v) is 5.79. The van der Waals surface area contributed by atoms with E-state index in [9.17, 15) is 8.42 Å². The van der Waals surface area contributed by atoms with Gasteiger partial charge in [0.2, 0.25) is 10.0 Å². The summed E-state index contributed by atoms with van der Waals surface area (Å²) in [5, 5.41) is 0.968. The lowest BCUT2D eigenvalue weighted by molar-refractivity contribution is 0.323. The van der Waals surface area contributed by atoms with Gasteiger partial charge in [-0.15, -0.1) is 0 Å². The lowest BCUT2D eigenvalue weighted by Gasteiger charge is -2.13. The smallest absolute Gasteiger partial charge is 0.244 e. The molecule has 0 saturated carbocycles. The molecule has 0 aliphatic carbocycles. The first-order chi connectivity index (χ1) is 12.9. The minimum absolute atomic E-state index is 0.130. The number of nitrogens with zero attached hydrogens (tertiary/aromatic N) is 1. The highest BCUT2D eigenvalue weighted by molar-refractivity contribution is 7.89. The Morgan fingerprint density at radius 3 is 2.63 bits per heavy atom. The molecule has 1 aromatic heterocycles. The summed E-state index contributed by atoms with van der Waals surface area (Å²) < 4.78 is 38.7. The molecule has 3 rings (SSSR count). The zero-order valence-corrected chi connectivity index (χ0v) is 16.3. The molecule has 2 aromatic carbocycles. The normalized spacial score (nSPS) is 11.5. The van der Waals surface area contributed by atoms with Gasteiger partial charge in [0.1, 0.15) is 23.0 Å². The summed E-state index contributed by atoms with van der Waals surface area (Å²) in [6.07, 6.45) is 1.73. The van der Waals surface area contributed by atoms with Crippen LogP contribution in [0.3, 0.4) is 0 Å². The van der Waals surface area contributed by atoms with Crippen LogP contribution in [0.2, 0.25) is 0 Å². The highest BCUT2D eigenvalue weighted by atomic mass is 32.2. The molecular formula is C20H22N2O4S. The summed E-state index contributed by atoms with van der Waals surface area (Å²) in [5.74, 6) is 0.993. The van der Waals surface area contributed by atoms with Crippen molar-refractivity contribution in [2.45, 2.75) is 18.7 Å². The van der Waals surface area contributed by atoms with Crippen molar-refractivity contribution >= 4 is 20.9 Å². The first-order valence-electron chi connectivity index (χ1n) is 8.53. The van der Waals surface area contributed by atoms with Crippen LogP contribution in [0.5, 0.6) is 11.5 Å². The predicted molar refractivity (Wildman–Crippen MR) is 105 cm³/mol. The Hall–Kier alpha value is -2.64. The maximum absolute atomic E-state index is 12.6. The third-order valence-electron chi connectivity index (χ3n) is 4.31. The summed E-state index contributed by atoms with van der Waals surface area (Å²) in [4.78, 5) is 4.38. The van der Waals surface area contributed by atoms with E-state index in [4.69, 9.17) is 9.47 Å². The molecule has 0 aliphatic heterocycles. The summed E-state index contributed by atoms with van der Waals surface area (Å²) >= 11 is 0. The Bertz CT molecular complexity index is 1060. The van der Waals surface area contributed by atoms with Gasteiger partial charge < -0.3 is 9.47 Å². The number of pyridine rings is 1. The van der Waals surface area contributed by atoms with E-state index in [0.29, 0.717) is 11.5 Å². The van der Waals surface area contributed by atoms with E-state index in [0.717, 1.165) is 22.0 Å². The molecule has 0 atom stereocenters. The van der Waals surface area contributed by atoms with Gasteiger partial charge in [0.15, 0.2) is 0 Å². The first kappa shape index (κ1) is 19.1. The van der Waals surface area contributed by atoms with Crippen LogP contribution in [-0.4, -0.2) is 33.7 Å². The van der Waals surface area contributed by atoms with E-state index >= 15 is 0 Å². The number of ether oxygens (including phenoxy) is 2. The number of benzene rings is 2. The lowest BCUT2D eigenvalue weighted by atomic mass is 10.1. The monoisotopic (exact) mass is 386 g/mol. The molecule has 0 fully saturated rings. The maximum atomic E-state index is 12.6. The number of sulfonamides is 1. The molecule has 27 heavy (non-hydrogen) atoms. The zero-order chi connectivity index (χ0) is 19.4. The topological polar surface area (TPSA) is 77.5 Å². The van der Waals surface area contributed by atoms with Gasteiger partial charge in [-0.05, 0) is 61.4 Å². The van der Waals surface area contributed by atoms with Gasteiger partial charge in [0, 0.05) is 18.1 Å². The second-order valence-electron chi connectivity index (χ2n) is 6.19. The van der Waals surface area contributed by atoms with Gasteiger partial charge in [-0.25, -0.2) is 13.1 Å². The Labute approximate surface area is 159 Å². The highest BCUT2D eigenvalue weighted by Gasteiger charge is 2.20. The van der Waals surface area contributed by atoms with Crippen LogP contribution in [0, 0.1) is 13.8 Å². The Kier molecular flexibility index (Phi) is 5.62. The number of aryl methyl sites for hydroxylation is 2. The fourth-order valence-electron chi connectivity index (χ4n) is 2.70. The molecule has 0 spiro atoms. The minimum Gasteiger partial charge on any atom is -0.495 e. The molecule has 142 valence electrons. The first-order valence-corrected chi connectivity index (χ1v) is 10.0. The van der Waals surface area contributed by atoms with Crippen LogP contribution in [0.4, 0.5) is 0 Å². The predicted octanol–water partition coefficient (Wildman–Crippen LogP) is 3.22. The summed E-state index contributed by atoms with van der Waals surface area (Å²) in [5.41, 5.74) is 2.74. The van der Waals surface area contributed by atoms with Gasteiger partial charge in [0.25, 0.3) is 0 Å². The number of aromatic nitrogens is 1. The number of methoxy groups -OCH3 is 1. The average molecular weight is 386 g/mol. The van der Waals surface area contributed by atoms with Crippen LogP contribution in [0.15, 0.2) is 53.6 Å². The standard InChI is InChI=1S/C20H22N2O4S/c1-14-11-19(25-3)20(12-15(14)2)27(23,24)22-9-10-26-17-6-7-18-16(13-17)5-4-8-21-18/h4-8,11-13,22H,9-10H2,1-3H3. The molecule has 0 unspecified atom stereocenters. The fourth-order valence-corrected chi connectivity index (χ4v) is 3.95. The molecule has 0 saturated heterocycles. The Morgan fingerprint density at radius 2 is 1.85 bits per heavy atom. The van der Waals surface area contributed by atoms with E-state index in [1.165, 1.54) is 7.11 Å². The number of rotatable bonds is 7. The maximum Gasteiger partial charge on any atom is 0.244 e. The number of hydrogen-bond donors (Lipinski definition) is 1. The highest BCUT2D eigenvalue weighted by Crippen LogP contribution is 2.27. The SMILES string of the molecule is COc1cc(C)c(C)cc1S(=O)(=O)NCCOc1ccc2ncccc2c1. The largest absolute Gasteiger partial charge is 0.495 e. The van der Waals surface area contributed by atoms with Gasteiger partial charge >= 0.3 is 0 Å². The molecule has 3 aromatic rings. The van der Waals surface area contributed by atoms with Crippen molar-refractivity contribution in [1.29, 1.82) is 0 Å². The van der Waals surface area contributed by atoms with Gasteiger partial charge in [-0.2, -0.15) is 0 Å². The molecule has 1 N–H and O–H groups in total. The molecular weight excluding hydrogens is 364 g/mol. The van der Waals surface area contributed by atoms with Gasteiger partial charge in [-0.3, -0.25) is 4.98 Å². The van der Waals surface area contributed by atoms with Crippen LogP contribution in [0.1, 0.15) is 11.1 Å². The average Bonchev–Trinajstić information content (AvgIpc) is 2.66. The van der Waals surface area contributed by atoms with Crippen LogP contribution in [0.25, 0.3) is 10.9 Å². The Balaban J connectivity index is 1.64. The van der Waals surface area contributed by atoms with Crippen molar-refractivity contribution in [3.63, 3.8) is 0 Å². The van der Waals surface area contributed by atoms with E-state index < -0.39 is 10.0 Å². The second-order valence-corrected chi connectivity index (χ2v) is 7.93. The Morgan fingerprint density at radius 1 is 1.07 bits per heavy atom. The van der Waals surface area contributed by atoms with E-state index in [1.54, 1.807) is 18.3 Å². The minimum atomic E-state index is -3.70. The van der Waals surface area contributed by atoms with E-state index in [-0.39, 0.29) is 18.0 Å². The quantitative estimate of drug-likeness (QED) is 0.631. The second kappa shape index (κ2) is 7.94. The summed E-state index contributed by atoms with van der Waals surface area (Å²) in [6.45, 7) is 4.13. The van der Waals surface area contributed by atoms with Crippen molar-refractivity contribution in [3.05, 3.63) is 59.8 Å². The van der Waals surface area contributed by atoms with Crippen molar-refractivity contribution in [3.8, 4) is 11.5 Å². The molecule has 6 nitrogen and oxygen atoms in total. The van der Waals surface area contributed by atoms with Gasteiger partial charge in [-0.1, -0.05) is 6.07 Å². The summed E-state index contributed by atoms with van der Waals surface area (Å²) in [6, 6.07) is 12.7. The molecule has 1 heterocycles. The van der Waals surface area contributed by atoms with Crippen molar-refractivity contribution < 1.29 is 17.9 Å². The molecule has 0 aliphatic rings. The zero-order valence-electron chi connectivity index (χ0n) is 15.5. The fraction of sp³-hybridized carbons (Fsp3) is 0.250. The molecule has 0 radical (unpaired) electrons. The van der Waals surface area contributed by atoms with Crippen LogP contribution >= 0.6 is 0 Å².